The molecule has 0 aliphatic carbocycles. The van der Waals surface area contributed by atoms with Gasteiger partial charge in [-0.05, 0) is 24.5 Å². The summed E-state index contributed by atoms with van der Waals surface area (Å²) in [5.41, 5.74) is 6.15. The van der Waals surface area contributed by atoms with E-state index < -0.39 is 17.5 Å². The Labute approximate surface area is 101 Å². The second-order valence-electron chi connectivity index (χ2n) is 3.98. The van der Waals surface area contributed by atoms with Gasteiger partial charge in [0.2, 0.25) is 0 Å². The number of rotatable bonds is 4. The number of nitrogens with two attached hydrogens (primary N) is 1. The molecule has 0 fully saturated rings. The molecule has 0 aliphatic heterocycles. The molecule has 4 N–H and O–H groups in total. The van der Waals surface area contributed by atoms with Gasteiger partial charge in [0.15, 0.2) is 11.6 Å². The number of aliphatic hydroxyl groups is 1. The lowest BCUT2D eigenvalue weighted by molar-refractivity contribution is 0.0995. The van der Waals surface area contributed by atoms with Crippen molar-refractivity contribution in [3.05, 3.63) is 35.0 Å². The molecular weight excluding hydrogens is 242 g/mol. The summed E-state index contributed by atoms with van der Waals surface area (Å²) in [6.45, 7) is -0.0610. The van der Waals surface area contributed by atoms with Crippen molar-refractivity contribution in [2.75, 3.05) is 6.61 Å². The Morgan fingerprint density at radius 2 is 2.00 bits per heavy atom. The van der Waals surface area contributed by atoms with Crippen LogP contribution in [0.1, 0.15) is 22.5 Å². The van der Waals surface area contributed by atoms with E-state index in [1.54, 1.807) is 0 Å². The van der Waals surface area contributed by atoms with Gasteiger partial charge in [0.1, 0.15) is 5.69 Å². The third kappa shape index (κ3) is 2.06. The lowest BCUT2D eigenvalue weighted by Crippen LogP contribution is -2.13. The molecule has 0 spiro atoms. The minimum Gasteiger partial charge on any atom is -0.396 e. The number of halogens is 2. The summed E-state index contributed by atoms with van der Waals surface area (Å²) in [6.07, 6.45) is 0.770. The number of aliphatic hydroxyl groups excluding tert-OH is 1. The molecule has 1 aromatic heterocycles. The molecule has 0 bridgehead atoms. The SMILES string of the molecule is NC(=O)c1[nH]c2cc(F)c(F)cc2c1CCCO. The Hall–Kier alpha value is -1.95. The number of H-pyrrole nitrogens is 1. The first-order valence-electron chi connectivity index (χ1n) is 5.45. The van der Waals surface area contributed by atoms with Crippen LogP contribution in [0, 0.1) is 11.6 Å². The van der Waals surface area contributed by atoms with Gasteiger partial charge in [-0.15, -0.1) is 0 Å². The third-order valence-electron chi connectivity index (χ3n) is 2.78. The molecule has 0 atom stereocenters. The Balaban J connectivity index is 2.64. The van der Waals surface area contributed by atoms with Crippen LogP contribution in [0.15, 0.2) is 12.1 Å². The molecule has 4 nitrogen and oxygen atoms in total. The quantitative estimate of drug-likeness (QED) is 0.772. The highest BCUT2D eigenvalue weighted by Crippen LogP contribution is 2.26. The second-order valence-corrected chi connectivity index (χ2v) is 3.98. The van der Waals surface area contributed by atoms with E-state index in [-0.39, 0.29) is 12.3 Å². The second kappa shape index (κ2) is 4.73. The van der Waals surface area contributed by atoms with Gasteiger partial charge in [-0.3, -0.25) is 4.79 Å². The van der Waals surface area contributed by atoms with E-state index in [0.717, 1.165) is 12.1 Å². The molecule has 96 valence electrons. The van der Waals surface area contributed by atoms with Gasteiger partial charge in [0.25, 0.3) is 5.91 Å². The summed E-state index contributed by atoms with van der Waals surface area (Å²) >= 11 is 0. The molecule has 1 aromatic carbocycles. The van der Waals surface area contributed by atoms with Crippen molar-refractivity contribution in [3.8, 4) is 0 Å². The smallest absolute Gasteiger partial charge is 0.265 e. The first-order chi connectivity index (χ1) is 8.54. The number of benzene rings is 1. The van der Waals surface area contributed by atoms with E-state index in [2.05, 4.69) is 4.98 Å². The van der Waals surface area contributed by atoms with Crippen molar-refractivity contribution >= 4 is 16.8 Å². The molecule has 2 rings (SSSR count). The number of primary amides is 1. The highest BCUT2D eigenvalue weighted by molar-refractivity contribution is 6.00. The topological polar surface area (TPSA) is 79.1 Å². The van der Waals surface area contributed by atoms with Crippen molar-refractivity contribution < 1.29 is 18.7 Å². The zero-order valence-corrected chi connectivity index (χ0v) is 9.46. The number of aryl methyl sites for hydroxylation is 1. The fourth-order valence-electron chi connectivity index (χ4n) is 1.97. The normalized spacial score (nSPS) is 11.1. The van der Waals surface area contributed by atoms with Gasteiger partial charge in [-0.2, -0.15) is 0 Å². The minimum atomic E-state index is -0.992. The fourth-order valence-corrected chi connectivity index (χ4v) is 1.97. The number of nitrogens with one attached hydrogen (secondary N) is 1. The van der Waals surface area contributed by atoms with Crippen LogP contribution in [0.4, 0.5) is 8.78 Å². The predicted octanol–water partition coefficient (Wildman–Crippen LogP) is 1.47. The van der Waals surface area contributed by atoms with Gasteiger partial charge < -0.3 is 15.8 Å². The van der Waals surface area contributed by atoms with Crippen LogP contribution in [0.25, 0.3) is 10.9 Å². The zero-order chi connectivity index (χ0) is 13.3. The Bertz CT molecular complexity index is 608. The van der Waals surface area contributed by atoms with Crippen LogP contribution in [-0.2, 0) is 6.42 Å². The van der Waals surface area contributed by atoms with Crippen molar-refractivity contribution in [2.45, 2.75) is 12.8 Å². The molecule has 6 heteroatoms. The molecule has 0 saturated carbocycles. The number of aromatic nitrogens is 1. The molecule has 2 aromatic rings. The number of fused-ring (bicyclic) bond motifs is 1. The van der Waals surface area contributed by atoms with E-state index >= 15 is 0 Å². The molecule has 0 unspecified atom stereocenters. The van der Waals surface area contributed by atoms with E-state index in [9.17, 15) is 13.6 Å². The molecular formula is C12H12F2N2O2. The van der Waals surface area contributed by atoms with Gasteiger partial charge in [0.05, 0.1) is 0 Å². The summed E-state index contributed by atoms with van der Waals surface area (Å²) in [5.74, 6) is -2.67. The number of hydrogen-bond acceptors (Lipinski definition) is 2. The lowest BCUT2D eigenvalue weighted by Gasteiger charge is -2.00. The maximum absolute atomic E-state index is 13.2. The molecule has 0 saturated heterocycles. The van der Waals surface area contributed by atoms with Crippen LogP contribution in [0.2, 0.25) is 0 Å². The van der Waals surface area contributed by atoms with Crippen molar-refractivity contribution in [1.82, 2.24) is 4.98 Å². The Morgan fingerprint density at radius 3 is 2.61 bits per heavy atom. The summed E-state index contributed by atoms with van der Waals surface area (Å²) in [6, 6.07) is 2.01. The number of carbonyl (C=O) groups excluding carboxylic acids is 1. The minimum absolute atomic E-state index is 0.0610. The number of hydrogen-bond donors (Lipinski definition) is 3. The van der Waals surface area contributed by atoms with Crippen LogP contribution >= 0.6 is 0 Å². The molecule has 18 heavy (non-hydrogen) atoms. The third-order valence-corrected chi connectivity index (χ3v) is 2.78. The van der Waals surface area contributed by atoms with Crippen LogP contribution < -0.4 is 5.73 Å². The average Bonchev–Trinajstić information content (AvgIpc) is 2.65. The summed E-state index contributed by atoms with van der Waals surface area (Å²) in [4.78, 5) is 13.9. The standard InChI is InChI=1S/C12H12F2N2O2/c13-8-4-7-6(2-1-3-17)11(12(15)18)16-10(7)5-9(8)14/h4-5,16-17H,1-3H2,(H2,15,18). The Morgan fingerprint density at radius 1 is 1.33 bits per heavy atom. The van der Waals surface area contributed by atoms with E-state index in [1.165, 1.54) is 0 Å². The number of aromatic amines is 1. The first-order valence-corrected chi connectivity index (χ1v) is 5.45. The summed E-state index contributed by atoms with van der Waals surface area (Å²) in [5, 5.41) is 9.22. The predicted molar refractivity (Wildman–Crippen MR) is 62.1 cm³/mol. The zero-order valence-electron chi connectivity index (χ0n) is 9.46. The molecule has 1 amide bonds. The number of amides is 1. The Kier molecular flexibility index (Phi) is 3.29. The molecule has 0 aliphatic rings. The largest absolute Gasteiger partial charge is 0.396 e. The van der Waals surface area contributed by atoms with Crippen LogP contribution in [0.3, 0.4) is 0 Å². The van der Waals surface area contributed by atoms with Crippen LogP contribution in [0.5, 0.6) is 0 Å². The fraction of sp³-hybridized carbons (Fsp3) is 0.250. The van der Waals surface area contributed by atoms with Crippen molar-refractivity contribution in [2.24, 2.45) is 5.73 Å². The van der Waals surface area contributed by atoms with E-state index in [4.69, 9.17) is 10.8 Å². The monoisotopic (exact) mass is 254 g/mol. The lowest BCUT2D eigenvalue weighted by atomic mass is 10.1. The van der Waals surface area contributed by atoms with Gasteiger partial charge >= 0.3 is 0 Å². The summed E-state index contributed by atoms with van der Waals surface area (Å²) in [7, 11) is 0. The van der Waals surface area contributed by atoms with Gasteiger partial charge in [0, 0.05) is 23.6 Å². The van der Waals surface area contributed by atoms with E-state index in [1.807, 2.05) is 0 Å². The summed E-state index contributed by atoms with van der Waals surface area (Å²) < 4.78 is 26.3. The maximum Gasteiger partial charge on any atom is 0.265 e. The first kappa shape index (κ1) is 12.5. The average molecular weight is 254 g/mol. The van der Waals surface area contributed by atoms with Crippen molar-refractivity contribution in [1.29, 1.82) is 0 Å². The van der Waals surface area contributed by atoms with Gasteiger partial charge in [-0.25, -0.2) is 8.78 Å². The highest BCUT2D eigenvalue weighted by Gasteiger charge is 2.17. The molecule has 1 heterocycles. The van der Waals surface area contributed by atoms with Gasteiger partial charge in [-0.1, -0.05) is 0 Å². The maximum atomic E-state index is 13.2. The van der Waals surface area contributed by atoms with E-state index in [0.29, 0.717) is 29.3 Å². The highest BCUT2D eigenvalue weighted by atomic mass is 19.2. The molecule has 0 radical (unpaired) electrons. The van der Waals surface area contributed by atoms with Crippen LogP contribution in [-0.4, -0.2) is 22.6 Å². The number of carbonyl (C=O) groups is 1. The van der Waals surface area contributed by atoms with Crippen molar-refractivity contribution in [3.63, 3.8) is 0 Å².